The predicted octanol–water partition coefficient (Wildman–Crippen LogP) is 9.21. The van der Waals surface area contributed by atoms with Crippen LogP contribution in [0, 0.1) is 0 Å². The van der Waals surface area contributed by atoms with Crippen LogP contribution >= 0.6 is 16.1 Å². The van der Waals surface area contributed by atoms with Gasteiger partial charge in [0.25, 0.3) is 0 Å². The minimum absolute atomic E-state index is 0.223. The Labute approximate surface area is 278 Å². The molecule has 0 saturated carbocycles. The maximum atomic E-state index is 2.78. The highest BCUT2D eigenvalue weighted by atomic mass is 31.1. The molecule has 0 aliphatic rings. The lowest BCUT2D eigenvalue weighted by atomic mass is 10.1. The number of benzene rings is 6. The fourth-order valence-electron chi connectivity index (χ4n) is 6.11. The van der Waals surface area contributed by atoms with Crippen LogP contribution in [0.15, 0.2) is 182 Å². The monoisotopic (exact) mass is 636 g/mol. The van der Waals surface area contributed by atoms with Crippen LogP contribution in [0.5, 0.6) is 0 Å². The summed E-state index contributed by atoms with van der Waals surface area (Å²) in [6.07, 6.45) is 0. The van der Waals surface area contributed by atoms with Gasteiger partial charge in [-0.25, -0.2) is 0 Å². The van der Waals surface area contributed by atoms with Gasteiger partial charge in [-0.3, -0.25) is 9.34 Å². The van der Waals surface area contributed by atoms with E-state index in [0.717, 1.165) is 13.1 Å². The second-order valence-electron chi connectivity index (χ2n) is 11.5. The first-order valence-corrected chi connectivity index (χ1v) is 18.7. The van der Waals surface area contributed by atoms with Crippen molar-refractivity contribution in [1.82, 2.24) is 9.34 Å². The molecule has 0 aliphatic carbocycles. The number of rotatable bonds is 13. The van der Waals surface area contributed by atoms with E-state index in [-0.39, 0.29) is 12.1 Å². The van der Waals surface area contributed by atoms with E-state index in [0.29, 0.717) is 0 Å². The first-order valence-electron chi connectivity index (χ1n) is 16.1. The van der Waals surface area contributed by atoms with Gasteiger partial charge >= 0.3 is 0 Å². The molecule has 0 fully saturated rings. The maximum Gasteiger partial charge on any atom is 0.0362 e. The molecule has 0 N–H and O–H groups in total. The van der Waals surface area contributed by atoms with Crippen molar-refractivity contribution >= 4 is 37.4 Å². The zero-order valence-corrected chi connectivity index (χ0v) is 28.5. The summed E-state index contributed by atoms with van der Waals surface area (Å²) in [4.78, 5) is 0. The SMILES string of the molecule is CC(c1ccccc1)N(CCN(C(C)c1ccccc1)P(c1ccccc1)c1ccccc1)P(c1ccccc1)c1ccccc1. The predicted molar refractivity (Wildman–Crippen MR) is 201 cm³/mol. The molecule has 0 saturated heterocycles. The molecule has 0 amide bonds. The first kappa shape index (κ1) is 32.1. The quantitative estimate of drug-likeness (QED) is 0.117. The summed E-state index contributed by atoms with van der Waals surface area (Å²) < 4.78 is 5.56. The van der Waals surface area contributed by atoms with Crippen molar-refractivity contribution in [3.05, 3.63) is 193 Å². The lowest BCUT2D eigenvalue weighted by molar-refractivity contribution is 0.301. The minimum Gasteiger partial charge on any atom is -0.266 e. The number of nitrogens with zero attached hydrogens (tertiary/aromatic N) is 2. The third kappa shape index (κ3) is 7.72. The van der Waals surface area contributed by atoms with Crippen LogP contribution in [0.1, 0.15) is 37.1 Å². The summed E-state index contributed by atoms with van der Waals surface area (Å²) in [6.45, 7) is 6.61. The summed E-state index contributed by atoms with van der Waals surface area (Å²) in [5, 5.41) is 5.51. The average Bonchev–Trinajstić information content (AvgIpc) is 3.14. The molecule has 6 aromatic carbocycles. The molecule has 4 heteroatoms. The van der Waals surface area contributed by atoms with Crippen LogP contribution in [0.25, 0.3) is 0 Å². The number of hydrogen-bond donors (Lipinski definition) is 0. The number of hydrogen-bond acceptors (Lipinski definition) is 2. The van der Waals surface area contributed by atoms with Crippen LogP contribution in [-0.4, -0.2) is 22.4 Å². The van der Waals surface area contributed by atoms with Crippen LogP contribution in [0.3, 0.4) is 0 Å². The fraction of sp³-hybridized carbons (Fsp3) is 0.143. The Kier molecular flexibility index (Phi) is 11.2. The van der Waals surface area contributed by atoms with E-state index in [1.54, 1.807) is 0 Å². The van der Waals surface area contributed by atoms with Crippen molar-refractivity contribution in [2.75, 3.05) is 13.1 Å². The lowest BCUT2D eigenvalue weighted by Gasteiger charge is -2.42. The van der Waals surface area contributed by atoms with Gasteiger partial charge in [-0.15, -0.1) is 0 Å². The molecular formula is C42H42N2P2. The molecule has 0 aromatic heterocycles. The second kappa shape index (κ2) is 16.1. The highest BCUT2D eigenvalue weighted by Crippen LogP contribution is 2.47. The van der Waals surface area contributed by atoms with Crippen LogP contribution < -0.4 is 21.2 Å². The van der Waals surface area contributed by atoms with Crippen LogP contribution in [0.2, 0.25) is 0 Å². The molecule has 230 valence electrons. The maximum absolute atomic E-state index is 2.78. The Balaban J connectivity index is 1.46. The van der Waals surface area contributed by atoms with E-state index in [2.05, 4.69) is 205 Å². The van der Waals surface area contributed by atoms with Gasteiger partial charge in [0.05, 0.1) is 0 Å². The summed E-state index contributed by atoms with van der Waals surface area (Å²) in [5.74, 6) is 0. The van der Waals surface area contributed by atoms with Gasteiger partial charge in [0.2, 0.25) is 0 Å². The lowest BCUT2D eigenvalue weighted by Crippen LogP contribution is -2.39. The first-order chi connectivity index (χ1) is 22.7. The van der Waals surface area contributed by atoms with Gasteiger partial charge in [0.15, 0.2) is 0 Å². The van der Waals surface area contributed by atoms with Crippen molar-refractivity contribution in [1.29, 1.82) is 0 Å². The van der Waals surface area contributed by atoms with E-state index >= 15 is 0 Å². The van der Waals surface area contributed by atoms with Crippen molar-refractivity contribution in [2.45, 2.75) is 25.9 Å². The largest absolute Gasteiger partial charge is 0.266 e. The average molecular weight is 637 g/mol. The van der Waals surface area contributed by atoms with Crippen LogP contribution in [-0.2, 0) is 0 Å². The Morgan fingerprint density at radius 2 is 0.565 bits per heavy atom. The van der Waals surface area contributed by atoms with Gasteiger partial charge < -0.3 is 0 Å². The zero-order valence-electron chi connectivity index (χ0n) is 26.7. The van der Waals surface area contributed by atoms with Crippen molar-refractivity contribution in [3.63, 3.8) is 0 Å². The molecular weight excluding hydrogens is 594 g/mol. The summed E-state index contributed by atoms with van der Waals surface area (Å²) in [6, 6.07) is 67.0. The van der Waals surface area contributed by atoms with Crippen molar-refractivity contribution in [3.8, 4) is 0 Å². The van der Waals surface area contributed by atoms with E-state index in [1.807, 2.05) is 0 Å². The second-order valence-corrected chi connectivity index (χ2v) is 15.8. The molecule has 0 aliphatic heterocycles. The molecule has 0 bridgehead atoms. The Hall–Kier alpha value is -3.90. The molecule has 2 unspecified atom stereocenters. The standard InChI is InChI=1S/C42H42N2P2/c1-35(37-21-9-3-10-22-37)43(45(39-25-13-5-14-26-39)40-27-15-6-16-28-40)33-34-44(36(2)38-23-11-4-12-24-38)46(41-29-17-7-18-30-41)42-31-19-8-20-32-42/h3-32,35-36H,33-34H2,1-2H3. The van der Waals surface area contributed by atoms with E-state index in [1.165, 1.54) is 32.3 Å². The van der Waals surface area contributed by atoms with Crippen molar-refractivity contribution in [2.24, 2.45) is 0 Å². The molecule has 0 spiro atoms. The highest BCUT2D eigenvalue weighted by Gasteiger charge is 2.32. The third-order valence-electron chi connectivity index (χ3n) is 8.53. The zero-order chi connectivity index (χ0) is 31.6. The Morgan fingerprint density at radius 3 is 0.804 bits per heavy atom. The summed E-state index contributed by atoms with van der Waals surface area (Å²) >= 11 is 0. The molecule has 2 nitrogen and oxygen atoms in total. The van der Waals surface area contributed by atoms with Gasteiger partial charge in [0, 0.05) is 41.3 Å². The topological polar surface area (TPSA) is 6.48 Å². The van der Waals surface area contributed by atoms with Gasteiger partial charge in [0.1, 0.15) is 0 Å². The molecule has 46 heavy (non-hydrogen) atoms. The molecule has 6 rings (SSSR count). The molecule has 2 atom stereocenters. The van der Waals surface area contributed by atoms with Crippen LogP contribution in [0.4, 0.5) is 0 Å². The fourth-order valence-corrected chi connectivity index (χ4v) is 11.3. The van der Waals surface area contributed by atoms with Crippen molar-refractivity contribution < 1.29 is 0 Å². The molecule has 0 heterocycles. The third-order valence-corrected chi connectivity index (χ3v) is 13.8. The van der Waals surface area contributed by atoms with E-state index < -0.39 is 16.1 Å². The van der Waals surface area contributed by atoms with Gasteiger partial charge in [-0.1, -0.05) is 182 Å². The van der Waals surface area contributed by atoms with Gasteiger partial charge in [-0.05, 0) is 46.2 Å². The molecule has 6 aromatic rings. The van der Waals surface area contributed by atoms with Gasteiger partial charge in [-0.2, -0.15) is 0 Å². The highest BCUT2D eigenvalue weighted by molar-refractivity contribution is 7.71. The summed E-state index contributed by atoms with van der Waals surface area (Å²) in [5.41, 5.74) is 2.69. The normalized spacial score (nSPS) is 12.9. The Bertz CT molecular complexity index is 1510. The van der Waals surface area contributed by atoms with E-state index in [9.17, 15) is 0 Å². The Morgan fingerprint density at radius 1 is 0.348 bits per heavy atom. The smallest absolute Gasteiger partial charge is 0.0362 e. The minimum atomic E-state index is -0.795. The molecule has 0 radical (unpaired) electrons. The van der Waals surface area contributed by atoms with E-state index in [4.69, 9.17) is 0 Å². The summed E-state index contributed by atoms with van der Waals surface area (Å²) in [7, 11) is -1.59.